The second-order valence-electron chi connectivity index (χ2n) is 9.32. The van der Waals surface area contributed by atoms with Gasteiger partial charge >= 0.3 is 0 Å². The van der Waals surface area contributed by atoms with Gasteiger partial charge in [0.05, 0.1) is 17.1 Å². The Labute approximate surface area is 242 Å². The summed E-state index contributed by atoms with van der Waals surface area (Å²) in [4.78, 5) is 0. The van der Waals surface area contributed by atoms with Gasteiger partial charge in [0.15, 0.2) is 11.8 Å². The summed E-state index contributed by atoms with van der Waals surface area (Å²) in [5.74, 6) is 1.33. The van der Waals surface area contributed by atoms with Crippen LogP contribution in [0, 0.1) is 16.7 Å². The highest BCUT2D eigenvalue weighted by atomic mass is 16.4. The van der Waals surface area contributed by atoms with Crippen LogP contribution in [0.4, 0.5) is 23.1 Å². The van der Waals surface area contributed by atoms with Gasteiger partial charge in [0.25, 0.3) is 0 Å². The van der Waals surface area contributed by atoms with Crippen LogP contribution in [-0.4, -0.2) is 16.2 Å². The zero-order valence-electron chi connectivity index (χ0n) is 22.4. The van der Waals surface area contributed by atoms with E-state index in [1.807, 2.05) is 121 Å². The minimum absolute atomic E-state index is 0.000844. The van der Waals surface area contributed by atoms with E-state index in [2.05, 4.69) is 32.2 Å². The summed E-state index contributed by atoms with van der Waals surface area (Å²) in [5.41, 5.74) is 5.77. The van der Waals surface area contributed by atoms with Gasteiger partial charge in [-0.25, -0.2) is 0 Å². The van der Waals surface area contributed by atoms with Gasteiger partial charge in [0.1, 0.15) is 17.4 Å². The molecule has 8 nitrogen and oxygen atoms in total. The lowest BCUT2D eigenvalue weighted by atomic mass is 9.98. The number of anilines is 4. The molecule has 0 fully saturated rings. The summed E-state index contributed by atoms with van der Waals surface area (Å²) in [7, 11) is 0. The fourth-order valence-corrected chi connectivity index (χ4v) is 4.58. The highest BCUT2D eigenvalue weighted by Crippen LogP contribution is 2.42. The Morgan fingerprint density at radius 1 is 0.643 bits per heavy atom. The molecular formula is C34H25N7O. The number of para-hydroxylation sites is 2. The maximum atomic E-state index is 10.2. The minimum Gasteiger partial charge on any atom is -0.438 e. The Morgan fingerprint density at radius 2 is 1.24 bits per heavy atom. The van der Waals surface area contributed by atoms with E-state index in [1.54, 1.807) is 6.07 Å². The molecule has 0 saturated heterocycles. The van der Waals surface area contributed by atoms with E-state index in [9.17, 15) is 5.26 Å². The maximum Gasteiger partial charge on any atom is 0.216 e. The van der Waals surface area contributed by atoms with Crippen LogP contribution in [0.5, 0.6) is 0 Å². The van der Waals surface area contributed by atoms with Crippen molar-refractivity contribution in [3.05, 3.63) is 133 Å². The number of nitriles is 1. The molecule has 0 bridgehead atoms. The maximum absolute atomic E-state index is 10.2. The topological polar surface area (TPSA) is 123 Å². The van der Waals surface area contributed by atoms with Crippen LogP contribution in [0.15, 0.2) is 132 Å². The Morgan fingerprint density at radius 3 is 1.86 bits per heavy atom. The molecule has 0 radical (unpaired) electrons. The van der Waals surface area contributed by atoms with Gasteiger partial charge in [-0.2, -0.15) is 5.26 Å². The summed E-state index contributed by atoms with van der Waals surface area (Å²) in [6.07, 6.45) is 0. The molecule has 0 aliphatic rings. The van der Waals surface area contributed by atoms with Crippen molar-refractivity contribution in [3.8, 4) is 39.8 Å². The number of rotatable bonds is 7. The molecule has 0 spiro atoms. The molecule has 0 aliphatic heterocycles. The van der Waals surface area contributed by atoms with E-state index in [4.69, 9.17) is 9.83 Å². The second-order valence-corrected chi connectivity index (χ2v) is 9.32. The molecule has 4 N–H and O–H groups in total. The monoisotopic (exact) mass is 547 g/mol. The number of nitrogens with one attached hydrogen (secondary N) is 4. The predicted molar refractivity (Wildman–Crippen MR) is 166 cm³/mol. The first-order valence-electron chi connectivity index (χ1n) is 13.2. The second kappa shape index (κ2) is 11.9. The molecule has 8 heteroatoms. The van der Waals surface area contributed by atoms with Gasteiger partial charge in [-0.05, 0) is 29.8 Å². The van der Waals surface area contributed by atoms with Gasteiger partial charge in [-0.1, -0.05) is 103 Å². The van der Waals surface area contributed by atoms with Crippen molar-refractivity contribution in [3.63, 3.8) is 0 Å². The Bertz CT molecular complexity index is 1860. The van der Waals surface area contributed by atoms with Gasteiger partial charge in [0, 0.05) is 16.7 Å². The molecule has 0 aliphatic carbocycles. The van der Waals surface area contributed by atoms with Crippen LogP contribution in [0.3, 0.4) is 0 Å². The van der Waals surface area contributed by atoms with Crippen molar-refractivity contribution in [2.45, 2.75) is 0 Å². The number of hydrogen-bond donors (Lipinski definition) is 4. The SMILES string of the molecule is N#Cc1c(Nc2ccccc2NC(=N)Nc2ccc(-c3ccccc3)nn2)oc(-c2ccccc2)c1-c1ccccc1. The molecule has 0 amide bonds. The molecule has 6 rings (SSSR count). The van der Waals surface area contributed by atoms with Crippen LogP contribution in [-0.2, 0) is 0 Å². The summed E-state index contributed by atoms with van der Waals surface area (Å²) >= 11 is 0. The molecule has 0 atom stereocenters. The number of benzene rings is 4. The first kappa shape index (κ1) is 26.0. The zero-order valence-corrected chi connectivity index (χ0v) is 22.4. The molecule has 202 valence electrons. The molecule has 2 aromatic heterocycles. The molecule has 0 saturated carbocycles. The lowest BCUT2D eigenvalue weighted by molar-refractivity contribution is 0.600. The average molecular weight is 548 g/mol. The molecular weight excluding hydrogens is 522 g/mol. The van der Waals surface area contributed by atoms with Crippen LogP contribution >= 0.6 is 0 Å². The molecule has 6 aromatic rings. The van der Waals surface area contributed by atoms with E-state index < -0.39 is 0 Å². The molecule has 42 heavy (non-hydrogen) atoms. The highest BCUT2D eigenvalue weighted by molar-refractivity contribution is 6.03. The van der Waals surface area contributed by atoms with E-state index >= 15 is 0 Å². The summed E-state index contributed by atoms with van der Waals surface area (Å²) < 4.78 is 6.34. The van der Waals surface area contributed by atoms with Crippen LogP contribution in [0.1, 0.15) is 5.56 Å². The summed E-state index contributed by atoms with van der Waals surface area (Å²) in [5, 5.41) is 36.5. The van der Waals surface area contributed by atoms with Crippen molar-refractivity contribution in [1.82, 2.24) is 10.2 Å². The minimum atomic E-state index is 0.000844. The van der Waals surface area contributed by atoms with Crippen molar-refractivity contribution in [2.24, 2.45) is 0 Å². The van der Waals surface area contributed by atoms with Crippen LogP contribution < -0.4 is 16.0 Å². The third kappa shape index (κ3) is 5.57. The molecule has 2 heterocycles. The summed E-state index contributed by atoms with van der Waals surface area (Å²) in [6, 6.07) is 42.5. The standard InChI is InChI=1S/C34H25N7O/c35-22-26-31(24-14-6-2-7-15-24)32(25-16-8-3-9-17-25)42-33(26)37-28-18-10-11-19-29(28)38-34(36)39-30-21-20-27(40-41-30)23-12-4-1-5-13-23/h1-21,37H,(H3,36,38,39,41). The fraction of sp³-hybridized carbons (Fsp3) is 0. The van der Waals surface area contributed by atoms with Crippen LogP contribution in [0.2, 0.25) is 0 Å². The number of hydrogen-bond acceptors (Lipinski definition) is 6. The third-order valence-electron chi connectivity index (χ3n) is 6.54. The van der Waals surface area contributed by atoms with Gasteiger partial charge < -0.3 is 20.4 Å². The highest BCUT2D eigenvalue weighted by Gasteiger charge is 2.23. The fourth-order valence-electron chi connectivity index (χ4n) is 4.58. The number of aromatic nitrogens is 2. The van der Waals surface area contributed by atoms with Gasteiger partial charge in [0.2, 0.25) is 5.88 Å². The predicted octanol–water partition coefficient (Wildman–Crippen LogP) is 8.14. The van der Waals surface area contributed by atoms with Gasteiger partial charge in [-0.15, -0.1) is 10.2 Å². The smallest absolute Gasteiger partial charge is 0.216 e. The van der Waals surface area contributed by atoms with Crippen molar-refractivity contribution < 1.29 is 4.42 Å². The lowest BCUT2D eigenvalue weighted by Gasteiger charge is -2.14. The number of furan rings is 1. The third-order valence-corrected chi connectivity index (χ3v) is 6.54. The van der Waals surface area contributed by atoms with Crippen molar-refractivity contribution in [1.29, 1.82) is 10.7 Å². The van der Waals surface area contributed by atoms with E-state index in [0.717, 1.165) is 22.4 Å². The average Bonchev–Trinajstić information content (AvgIpc) is 3.41. The normalized spacial score (nSPS) is 10.5. The zero-order chi connectivity index (χ0) is 28.7. The Balaban J connectivity index is 1.26. The quantitative estimate of drug-likeness (QED) is 0.117. The largest absolute Gasteiger partial charge is 0.438 e. The Kier molecular flexibility index (Phi) is 7.38. The lowest BCUT2D eigenvalue weighted by Crippen LogP contribution is -2.21. The molecule has 0 unspecified atom stereocenters. The number of nitrogens with zero attached hydrogens (tertiary/aromatic N) is 3. The van der Waals surface area contributed by atoms with Gasteiger partial charge in [-0.3, -0.25) is 5.41 Å². The summed E-state index contributed by atoms with van der Waals surface area (Å²) in [6.45, 7) is 0. The van der Waals surface area contributed by atoms with E-state index in [-0.39, 0.29) is 5.96 Å². The van der Waals surface area contributed by atoms with Crippen molar-refractivity contribution >= 4 is 29.0 Å². The van der Waals surface area contributed by atoms with Crippen molar-refractivity contribution in [2.75, 3.05) is 16.0 Å². The molecule has 4 aromatic carbocycles. The first-order chi connectivity index (χ1) is 20.7. The van der Waals surface area contributed by atoms with Crippen LogP contribution in [0.25, 0.3) is 33.7 Å². The van der Waals surface area contributed by atoms with E-state index in [0.29, 0.717) is 40.0 Å². The number of guanidine groups is 1. The Hall–Kier alpha value is -6.20. The van der Waals surface area contributed by atoms with E-state index in [1.165, 1.54) is 0 Å². The first-order valence-corrected chi connectivity index (χ1v) is 13.2.